The molecule has 1 aromatic carbocycles. The van der Waals surface area contributed by atoms with E-state index in [9.17, 15) is 9.59 Å². The summed E-state index contributed by atoms with van der Waals surface area (Å²) >= 11 is 11.5. The zero-order chi connectivity index (χ0) is 14.4. The predicted octanol–water partition coefficient (Wildman–Crippen LogP) is 1.82. The van der Waals surface area contributed by atoms with Crippen LogP contribution in [-0.4, -0.2) is 29.6 Å². The van der Waals surface area contributed by atoms with Crippen LogP contribution in [0.3, 0.4) is 0 Å². The summed E-state index contributed by atoms with van der Waals surface area (Å²) in [4.78, 5) is 23.1. The number of aliphatic hydroxyl groups is 1. The van der Waals surface area contributed by atoms with Gasteiger partial charge in [-0.2, -0.15) is 0 Å². The number of rotatable bonds is 4. The Hall–Kier alpha value is -1.30. The Morgan fingerprint density at radius 2 is 1.79 bits per heavy atom. The van der Waals surface area contributed by atoms with Gasteiger partial charge >= 0.3 is 11.8 Å². The Kier molecular flexibility index (Phi) is 6.08. The Bertz CT molecular complexity index is 460. The summed E-state index contributed by atoms with van der Waals surface area (Å²) in [6.07, 6.45) is 0.377. The molecule has 0 fully saturated rings. The molecule has 0 radical (unpaired) electrons. The van der Waals surface area contributed by atoms with Gasteiger partial charge < -0.3 is 15.7 Å². The van der Waals surface area contributed by atoms with Crippen LogP contribution >= 0.6 is 23.2 Å². The van der Waals surface area contributed by atoms with Gasteiger partial charge in [-0.15, -0.1) is 0 Å². The van der Waals surface area contributed by atoms with E-state index >= 15 is 0 Å². The van der Waals surface area contributed by atoms with E-state index in [1.165, 1.54) is 18.2 Å². The second-order valence-corrected chi connectivity index (χ2v) is 4.87. The average molecular weight is 305 g/mol. The Morgan fingerprint density at radius 1 is 1.21 bits per heavy atom. The van der Waals surface area contributed by atoms with E-state index in [1.54, 1.807) is 6.92 Å². The van der Waals surface area contributed by atoms with Gasteiger partial charge in [0.15, 0.2) is 0 Å². The number of nitrogens with one attached hydrogen (secondary N) is 2. The van der Waals surface area contributed by atoms with E-state index in [1.807, 2.05) is 0 Å². The van der Waals surface area contributed by atoms with Crippen LogP contribution in [0.1, 0.15) is 13.3 Å². The molecule has 0 saturated carbocycles. The lowest BCUT2D eigenvalue weighted by Crippen LogP contribution is -2.40. The molecule has 3 N–H and O–H groups in total. The fourth-order valence-corrected chi connectivity index (χ4v) is 1.90. The summed E-state index contributed by atoms with van der Waals surface area (Å²) in [5, 5.41) is 14.3. The predicted molar refractivity (Wildman–Crippen MR) is 74.4 cm³/mol. The van der Waals surface area contributed by atoms with Crippen LogP contribution in [0, 0.1) is 0 Å². The van der Waals surface area contributed by atoms with Gasteiger partial charge in [0.2, 0.25) is 0 Å². The molecule has 2 amide bonds. The third-order valence-corrected chi connectivity index (χ3v) is 2.70. The Morgan fingerprint density at radius 3 is 2.32 bits per heavy atom. The molecule has 1 atom stereocenters. The summed E-state index contributed by atoms with van der Waals surface area (Å²) in [5.74, 6) is -1.60. The lowest BCUT2D eigenvalue weighted by atomic mass is 10.2. The standard InChI is InChI=1S/C12H14Cl2N2O3/c1-7(2-3-17)15-11(18)12(19)16-10-5-8(13)4-9(14)6-10/h4-7,17H,2-3H2,1H3,(H,15,18)(H,16,19)/t7-/m1/s1. The van der Waals surface area contributed by atoms with Crippen LogP contribution in [-0.2, 0) is 9.59 Å². The topological polar surface area (TPSA) is 78.4 Å². The van der Waals surface area contributed by atoms with Crippen molar-refractivity contribution in [2.45, 2.75) is 19.4 Å². The summed E-state index contributed by atoms with van der Waals surface area (Å²) in [5.41, 5.74) is 0.340. The van der Waals surface area contributed by atoms with Crippen molar-refractivity contribution in [2.24, 2.45) is 0 Å². The first-order valence-corrected chi connectivity index (χ1v) is 6.36. The fourth-order valence-electron chi connectivity index (χ4n) is 1.37. The first-order valence-electron chi connectivity index (χ1n) is 5.61. The molecule has 104 valence electrons. The van der Waals surface area contributed by atoms with Gasteiger partial charge in [-0.1, -0.05) is 23.2 Å². The molecule has 0 aliphatic heterocycles. The second kappa shape index (κ2) is 7.33. The van der Waals surface area contributed by atoms with Crippen molar-refractivity contribution in [3.8, 4) is 0 Å². The fraction of sp³-hybridized carbons (Fsp3) is 0.333. The van der Waals surface area contributed by atoms with E-state index in [0.717, 1.165) is 0 Å². The molecule has 7 heteroatoms. The van der Waals surface area contributed by atoms with Gasteiger partial charge in [-0.05, 0) is 31.5 Å². The van der Waals surface area contributed by atoms with Crippen LogP contribution < -0.4 is 10.6 Å². The summed E-state index contributed by atoms with van der Waals surface area (Å²) in [6, 6.07) is 4.19. The maximum Gasteiger partial charge on any atom is 0.313 e. The minimum atomic E-state index is -0.817. The van der Waals surface area contributed by atoms with Gasteiger partial charge in [-0.25, -0.2) is 0 Å². The van der Waals surface area contributed by atoms with Gasteiger partial charge in [0, 0.05) is 28.4 Å². The van der Waals surface area contributed by atoms with E-state index in [0.29, 0.717) is 22.2 Å². The normalized spacial score (nSPS) is 11.8. The largest absolute Gasteiger partial charge is 0.396 e. The number of hydrogen-bond donors (Lipinski definition) is 3. The third kappa shape index (κ3) is 5.46. The first-order chi connectivity index (χ1) is 8.92. The molecule has 0 aliphatic carbocycles. The Balaban J connectivity index is 2.61. The number of carbonyl (C=O) groups excluding carboxylic acids is 2. The van der Waals surface area contributed by atoms with Crippen molar-refractivity contribution in [1.82, 2.24) is 5.32 Å². The maximum absolute atomic E-state index is 11.6. The zero-order valence-corrected chi connectivity index (χ0v) is 11.8. The average Bonchev–Trinajstić information content (AvgIpc) is 2.27. The first kappa shape index (κ1) is 15.8. The number of anilines is 1. The highest BCUT2D eigenvalue weighted by molar-refractivity contribution is 6.40. The summed E-state index contributed by atoms with van der Waals surface area (Å²) < 4.78 is 0. The molecule has 0 unspecified atom stereocenters. The Labute approximate surface area is 120 Å². The number of benzene rings is 1. The lowest BCUT2D eigenvalue weighted by molar-refractivity contribution is -0.136. The van der Waals surface area contributed by atoms with Crippen LogP contribution in [0.2, 0.25) is 10.0 Å². The molecule has 0 aliphatic rings. The van der Waals surface area contributed by atoms with Crippen LogP contribution in [0.4, 0.5) is 5.69 Å². The molecule has 1 rings (SSSR count). The minimum Gasteiger partial charge on any atom is -0.396 e. The highest BCUT2D eigenvalue weighted by atomic mass is 35.5. The van der Waals surface area contributed by atoms with Gasteiger partial charge in [0.25, 0.3) is 0 Å². The molecule has 1 aromatic rings. The molecule has 19 heavy (non-hydrogen) atoms. The highest BCUT2D eigenvalue weighted by Gasteiger charge is 2.16. The van der Waals surface area contributed by atoms with E-state index in [-0.39, 0.29) is 12.6 Å². The van der Waals surface area contributed by atoms with Crippen molar-refractivity contribution in [1.29, 1.82) is 0 Å². The molecule has 0 saturated heterocycles. The van der Waals surface area contributed by atoms with Crippen molar-refractivity contribution in [2.75, 3.05) is 11.9 Å². The maximum atomic E-state index is 11.6. The number of aliphatic hydroxyl groups excluding tert-OH is 1. The molecular formula is C12H14Cl2N2O3. The highest BCUT2D eigenvalue weighted by Crippen LogP contribution is 2.22. The van der Waals surface area contributed by atoms with E-state index in [2.05, 4.69) is 10.6 Å². The molecule has 0 aromatic heterocycles. The lowest BCUT2D eigenvalue weighted by Gasteiger charge is -2.12. The smallest absolute Gasteiger partial charge is 0.313 e. The van der Waals surface area contributed by atoms with E-state index in [4.69, 9.17) is 28.3 Å². The molecule has 5 nitrogen and oxygen atoms in total. The van der Waals surface area contributed by atoms with Gasteiger partial charge in [0.1, 0.15) is 0 Å². The minimum absolute atomic E-state index is 0.0625. The molecule has 0 spiro atoms. The van der Waals surface area contributed by atoms with Gasteiger partial charge in [-0.3, -0.25) is 9.59 Å². The molecule has 0 bridgehead atoms. The monoisotopic (exact) mass is 304 g/mol. The third-order valence-electron chi connectivity index (χ3n) is 2.27. The van der Waals surface area contributed by atoms with Gasteiger partial charge in [0.05, 0.1) is 0 Å². The SMILES string of the molecule is C[C@H](CCO)NC(=O)C(=O)Nc1cc(Cl)cc(Cl)c1. The number of halogens is 2. The number of amides is 2. The van der Waals surface area contributed by atoms with E-state index < -0.39 is 11.8 Å². The van der Waals surface area contributed by atoms with Crippen LogP contribution in [0.5, 0.6) is 0 Å². The zero-order valence-electron chi connectivity index (χ0n) is 10.2. The van der Waals surface area contributed by atoms with Crippen molar-refractivity contribution >= 4 is 40.7 Å². The molecular weight excluding hydrogens is 291 g/mol. The number of hydrogen-bond acceptors (Lipinski definition) is 3. The van der Waals surface area contributed by atoms with Crippen molar-refractivity contribution in [3.63, 3.8) is 0 Å². The van der Waals surface area contributed by atoms with Crippen molar-refractivity contribution in [3.05, 3.63) is 28.2 Å². The number of carbonyl (C=O) groups is 2. The quantitative estimate of drug-likeness (QED) is 0.742. The summed E-state index contributed by atoms with van der Waals surface area (Å²) in [7, 11) is 0. The van der Waals surface area contributed by atoms with Crippen molar-refractivity contribution < 1.29 is 14.7 Å². The molecule has 0 heterocycles. The van der Waals surface area contributed by atoms with Crippen LogP contribution in [0.25, 0.3) is 0 Å². The van der Waals surface area contributed by atoms with Crippen LogP contribution in [0.15, 0.2) is 18.2 Å². The second-order valence-electron chi connectivity index (χ2n) is 4.00. The summed E-state index contributed by atoms with van der Waals surface area (Å²) in [6.45, 7) is 1.63.